The molecule has 6 heterocycles. The molecular formula is C48H61N11O10. The number of ether oxygens (including phenoxy) is 3. The van der Waals surface area contributed by atoms with Crippen LogP contribution in [-0.2, 0) is 34.0 Å². The Hall–Kier alpha value is -6.71. The number of anilines is 4. The third kappa shape index (κ3) is 11.1. The summed E-state index contributed by atoms with van der Waals surface area (Å²) in [6.45, 7) is 8.57. The van der Waals surface area contributed by atoms with E-state index in [2.05, 4.69) is 44.9 Å². The lowest BCUT2D eigenvalue weighted by atomic mass is 9.74. The van der Waals surface area contributed by atoms with Crippen LogP contribution >= 0.6 is 0 Å². The van der Waals surface area contributed by atoms with Gasteiger partial charge in [-0.1, -0.05) is 25.1 Å². The van der Waals surface area contributed by atoms with Gasteiger partial charge in [-0.2, -0.15) is 0 Å². The number of hydrogen-bond acceptors (Lipinski definition) is 15. The first-order valence-electron chi connectivity index (χ1n) is 23.7. The number of nitrogens with zero attached hydrogens (tertiary/aromatic N) is 7. The molecule has 8 amide bonds. The SMILES string of the molecule is CN1CCN([C@@H]2CCCN(c3cnc(C(N)=O)c(Nc4ccc(C5(C)CCN(C(=O)CCOCCOCCOCCNc6cccc7c6C(=O)N(C6CCC(=O)NC6=O)C7=O)CC5)cc4)n3)C2)C1=O. The van der Waals surface area contributed by atoms with Crippen LogP contribution in [0.1, 0.15) is 88.6 Å². The van der Waals surface area contributed by atoms with Gasteiger partial charge < -0.3 is 50.2 Å². The van der Waals surface area contributed by atoms with Crippen LogP contribution in [0, 0.1) is 0 Å². The largest absolute Gasteiger partial charge is 0.382 e. The molecule has 0 bridgehead atoms. The van der Waals surface area contributed by atoms with Crippen molar-refractivity contribution in [3.8, 4) is 0 Å². The van der Waals surface area contributed by atoms with Gasteiger partial charge in [-0.15, -0.1) is 0 Å². The molecule has 5 aliphatic rings. The van der Waals surface area contributed by atoms with E-state index in [-0.39, 0.29) is 71.9 Å². The smallest absolute Gasteiger partial charge is 0.320 e. The Morgan fingerprint density at radius 2 is 1.59 bits per heavy atom. The van der Waals surface area contributed by atoms with Gasteiger partial charge in [0.25, 0.3) is 17.7 Å². The van der Waals surface area contributed by atoms with Crippen molar-refractivity contribution in [3.05, 3.63) is 71.0 Å². The van der Waals surface area contributed by atoms with E-state index < -0.39 is 35.6 Å². The van der Waals surface area contributed by atoms with E-state index in [4.69, 9.17) is 24.9 Å². The van der Waals surface area contributed by atoms with Crippen LogP contribution in [0.25, 0.3) is 0 Å². The molecule has 4 saturated heterocycles. The summed E-state index contributed by atoms with van der Waals surface area (Å²) in [5, 5.41) is 8.61. The molecule has 368 valence electrons. The minimum Gasteiger partial charge on any atom is -0.382 e. The van der Waals surface area contributed by atoms with Crippen LogP contribution in [0.2, 0.25) is 0 Å². The van der Waals surface area contributed by atoms with Crippen molar-refractivity contribution in [2.45, 2.75) is 69.4 Å². The second-order valence-electron chi connectivity index (χ2n) is 18.3. The van der Waals surface area contributed by atoms with Crippen molar-refractivity contribution in [1.82, 2.24) is 34.9 Å². The van der Waals surface area contributed by atoms with Crippen molar-refractivity contribution in [2.24, 2.45) is 5.73 Å². The van der Waals surface area contributed by atoms with Crippen LogP contribution in [0.5, 0.6) is 0 Å². The fourth-order valence-corrected chi connectivity index (χ4v) is 9.63. The monoisotopic (exact) mass is 951 g/mol. The van der Waals surface area contributed by atoms with Crippen molar-refractivity contribution in [3.63, 3.8) is 0 Å². The molecule has 69 heavy (non-hydrogen) atoms. The quantitative estimate of drug-likeness (QED) is 0.0939. The number of piperidine rings is 3. The molecule has 2 aromatic carbocycles. The predicted molar refractivity (Wildman–Crippen MR) is 252 cm³/mol. The molecule has 1 unspecified atom stereocenters. The molecule has 8 rings (SSSR count). The molecule has 21 nitrogen and oxygen atoms in total. The van der Waals surface area contributed by atoms with E-state index >= 15 is 0 Å². The van der Waals surface area contributed by atoms with Crippen molar-refractivity contribution in [1.29, 1.82) is 0 Å². The summed E-state index contributed by atoms with van der Waals surface area (Å²) in [5.74, 6) is -1.98. The number of likely N-dealkylation sites (N-methyl/N-ethyl adjacent to an activating group) is 1. The molecule has 5 aliphatic heterocycles. The van der Waals surface area contributed by atoms with Crippen LogP contribution < -0.4 is 26.6 Å². The fraction of sp³-hybridized carbons (Fsp3) is 0.521. The van der Waals surface area contributed by atoms with Crippen LogP contribution in [0.3, 0.4) is 0 Å². The number of amides is 8. The molecule has 0 aliphatic carbocycles. The Labute approximate surface area is 400 Å². The number of rotatable bonds is 20. The zero-order valence-electron chi connectivity index (χ0n) is 39.2. The van der Waals surface area contributed by atoms with E-state index in [0.29, 0.717) is 83.8 Å². The van der Waals surface area contributed by atoms with E-state index in [9.17, 15) is 33.6 Å². The third-order valence-electron chi connectivity index (χ3n) is 13.7. The molecule has 5 N–H and O–H groups in total. The Morgan fingerprint density at radius 1 is 0.870 bits per heavy atom. The van der Waals surface area contributed by atoms with Gasteiger partial charge >= 0.3 is 6.03 Å². The highest BCUT2D eigenvalue weighted by molar-refractivity contribution is 6.25. The first kappa shape index (κ1) is 48.7. The van der Waals surface area contributed by atoms with E-state index in [1.165, 1.54) is 0 Å². The first-order valence-corrected chi connectivity index (χ1v) is 23.7. The number of urea groups is 1. The lowest BCUT2D eigenvalue weighted by Crippen LogP contribution is -2.54. The summed E-state index contributed by atoms with van der Waals surface area (Å²) < 4.78 is 16.9. The maximum Gasteiger partial charge on any atom is 0.320 e. The molecular weight excluding hydrogens is 891 g/mol. The van der Waals surface area contributed by atoms with Crippen molar-refractivity contribution >= 4 is 64.5 Å². The van der Waals surface area contributed by atoms with Gasteiger partial charge in [0.05, 0.1) is 69.4 Å². The van der Waals surface area contributed by atoms with E-state index in [1.54, 1.807) is 29.3 Å². The number of nitrogens with one attached hydrogen (secondary N) is 3. The van der Waals surface area contributed by atoms with E-state index in [0.717, 1.165) is 48.4 Å². The van der Waals surface area contributed by atoms with Gasteiger partial charge in [0.15, 0.2) is 11.5 Å². The van der Waals surface area contributed by atoms with Gasteiger partial charge in [0.2, 0.25) is 17.7 Å². The number of carbonyl (C=O) groups excluding carboxylic acids is 7. The number of carbonyl (C=O) groups is 7. The Bertz CT molecular complexity index is 2430. The van der Waals surface area contributed by atoms with Crippen LogP contribution in [-0.4, -0.2) is 176 Å². The molecule has 3 aromatic rings. The highest BCUT2D eigenvalue weighted by Crippen LogP contribution is 2.37. The average Bonchev–Trinajstić information content (AvgIpc) is 3.82. The highest BCUT2D eigenvalue weighted by atomic mass is 16.5. The van der Waals surface area contributed by atoms with Gasteiger partial charge in [0, 0.05) is 70.7 Å². The van der Waals surface area contributed by atoms with Gasteiger partial charge in [-0.3, -0.25) is 39.0 Å². The minimum atomic E-state index is -1.03. The Balaban J connectivity index is 0.698. The van der Waals surface area contributed by atoms with Crippen LogP contribution in [0.4, 0.5) is 27.8 Å². The summed E-state index contributed by atoms with van der Waals surface area (Å²) in [6, 6.07) is 12.0. The number of hydrogen-bond donors (Lipinski definition) is 4. The highest BCUT2D eigenvalue weighted by Gasteiger charge is 2.46. The predicted octanol–water partition coefficient (Wildman–Crippen LogP) is 2.49. The number of primary amides is 1. The fourth-order valence-electron chi connectivity index (χ4n) is 9.63. The number of benzene rings is 2. The average molecular weight is 952 g/mol. The molecule has 21 heteroatoms. The Morgan fingerprint density at radius 3 is 2.29 bits per heavy atom. The first-order chi connectivity index (χ1) is 33.3. The standard InChI is InChI=1S/C48H61N11O10/c1-48(31-8-10-32(11-9-31)52-43-41(42(49)62)51-29-37(53-43)57-18-4-5-33(30-57)58-22-21-55(2)47(58)66)15-19-56(20-16-48)39(61)14-23-67-25-27-69-28-26-68-24-17-50-35-7-3-6-34-40(35)46(65)59(45(34)64)36-12-13-38(60)54-44(36)63/h3,6-11,29,33,36,50H,4-5,12-28,30H2,1-2H3,(H2,49,62)(H,52,53)(H,54,60,63)/t33-,36?/m1/s1. The summed E-state index contributed by atoms with van der Waals surface area (Å²) in [7, 11) is 1.82. The molecule has 1 aromatic heterocycles. The molecule has 0 spiro atoms. The summed E-state index contributed by atoms with van der Waals surface area (Å²) in [5.41, 5.74) is 8.34. The van der Waals surface area contributed by atoms with Crippen molar-refractivity contribution in [2.75, 3.05) is 108 Å². The van der Waals surface area contributed by atoms with Gasteiger partial charge in [-0.25, -0.2) is 14.8 Å². The second-order valence-corrected chi connectivity index (χ2v) is 18.3. The number of imide groups is 2. The van der Waals surface area contributed by atoms with Crippen molar-refractivity contribution < 1.29 is 47.8 Å². The third-order valence-corrected chi connectivity index (χ3v) is 13.7. The molecule has 4 fully saturated rings. The number of nitrogens with two attached hydrogens (primary N) is 1. The lowest BCUT2D eigenvalue weighted by Gasteiger charge is -2.40. The molecule has 2 atom stereocenters. The molecule has 0 saturated carbocycles. The Kier molecular flexibility index (Phi) is 15.3. The normalized spacial score (nSPS) is 20.4. The maximum absolute atomic E-state index is 13.3. The topological polar surface area (TPSA) is 251 Å². The van der Waals surface area contributed by atoms with E-state index in [1.807, 2.05) is 29.0 Å². The van der Waals surface area contributed by atoms with Crippen LogP contribution in [0.15, 0.2) is 48.7 Å². The summed E-state index contributed by atoms with van der Waals surface area (Å²) in [4.78, 5) is 106. The zero-order valence-corrected chi connectivity index (χ0v) is 39.2. The molecule has 0 radical (unpaired) electrons. The number of aromatic nitrogens is 2. The lowest BCUT2D eigenvalue weighted by molar-refractivity contribution is -0.136. The second kappa shape index (κ2) is 21.7. The zero-order chi connectivity index (χ0) is 48.7. The number of fused-ring (bicyclic) bond motifs is 1. The summed E-state index contributed by atoms with van der Waals surface area (Å²) in [6.07, 6.45) is 5.40. The van der Waals surface area contributed by atoms with Gasteiger partial charge in [-0.05, 0) is 67.3 Å². The maximum atomic E-state index is 13.3. The van der Waals surface area contributed by atoms with Gasteiger partial charge in [0.1, 0.15) is 11.9 Å². The number of likely N-dealkylation sites (tertiary alicyclic amines) is 1. The minimum absolute atomic E-state index is 0.0416. The summed E-state index contributed by atoms with van der Waals surface area (Å²) >= 11 is 0.